The van der Waals surface area contributed by atoms with Gasteiger partial charge in [-0.1, -0.05) is 60.2 Å². The van der Waals surface area contributed by atoms with Crippen molar-refractivity contribution in [1.29, 1.82) is 0 Å². The van der Waals surface area contributed by atoms with Crippen LogP contribution in [0.25, 0.3) is 6.08 Å². The molecule has 31 heavy (non-hydrogen) atoms. The minimum Gasteiger partial charge on any atom is -0.494 e. The van der Waals surface area contributed by atoms with E-state index in [0.717, 1.165) is 22.6 Å². The lowest BCUT2D eigenvalue weighted by Gasteiger charge is -2.15. The van der Waals surface area contributed by atoms with E-state index < -0.39 is 0 Å². The molecule has 0 N–H and O–H groups in total. The molecule has 1 amide bonds. The van der Waals surface area contributed by atoms with Crippen LogP contribution < -0.4 is 4.74 Å². The van der Waals surface area contributed by atoms with E-state index in [0.29, 0.717) is 23.2 Å². The number of carbonyl (C=O) groups excluding carboxylic acids is 1. The molecule has 0 spiro atoms. The van der Waals surface area contributed by atoms with Crippen LogP contribution in [0.5, 0.6) is 5.75 Å². The third kappa shape index (κ3) is 5.25. The molecule has 5 heteroatoms. The summed E-state index contributed by atoms with van der Waals surface area (Å²) in [4.78, 5) is 20.5. The highest BCUT2D eigenvalue weighted by Gasteiger charge is 2.33. The second kappa shape index (κ2) is 9.67. The number of carbonyl (C=O) groups is 1. The van der Waals surface area contributed by atoms with Gasteiger partial charge in [-0.3, -0.25) is 9.69 Å². The van der Waals surface area contributed by atoms with Crippen LogP contribution in [0.3, 0.4) is 0 Å². The van der Waals surface area contributed by atoms with E-state index >= 15 is 0 Å². The number of amides is 1. The van der Waals surface area contributed by atoms with Crippen molar-refractivity contribution >= 4 is 34.6 Å². The highest BCUT2D eigenvalue weighted by atomic mass is 32.2. The molecule has 0 radical (unpaired) electrons. The lowest BCUT2D eigenvalue weighted by molar-refractivity contribution is -0.122. The maximum absolute atomic E-state index is 13.3. The van der Waals surface area contributed by atoms with Gasteiger partial charge in [0.25, 0.3) is 5.91 Å². The molecule has 1 aliphatic heterocycles. The molecule has 3 aromatic carbocycles. The number of amidine groups is 1. The second-order valence-corrected chi connectivity index (χ2v) is 8.23. The van der Waals surface area contributed by atoms with Crippen LogP contribution in [-0.4, -0.2) is 22.6 Å². The number of hydrogen-bond donors (Lipinski definition) is 0. The fraction of sp³-hybridized carbons (Fsp3) is 0.154. The first-order valence-electron chi connectivity index (χ1n) is 10.3. The van der Waals surface area contributed by atoms with E-state index in [4.69, 9.17) is 9.73 Å². The quantitative estimate of drug-likeness (QED) is 0.439. The van der Waals surface area contributed by atoms with Crippen molar-refractivity contribution in [3.63, 3.8) is 0 Å². The van der Waals surface area contributed by atoms with Crippen molar-refractivity contribution in [3.05, 3.63) is 100 Å². The lowest BCUT2D eigenvalue weighted by Crippen LogP contribution is -2.28. The van der Waals surface area contributed by atoms with Gasteiger partial charge in [-0.15, -0.1) is 0 Å². The molecule has 1 fully saturated rings. The number of hydrogen-bond acceptors (Lipinski definition) is 4. The first-order valence-corrected chi connectivity index (χ1v) is 11.1. The van der Waals surface area contributed by atoms with E-state index in [1.807, 2.05) is 98.8 Å². The van der Waals surface area contributed by atoms with Gasteiger partial charge in [0, 0.05) is 0 Å². The fourth-order valence-electron chi connectivity index (χ4n) is 3.20. The average molecular weight is 429 g/mol. The summed E-state index contributed by atoms with van der Waals surface area (Å²) in [6.45, 7) is 5.12. The Bertz CT molecular complexity index is 1100. The van der Waals surface area contributed by atoms with E-state index in [1.54, 1.807) is 4.90 Å². The Morgan fingerprint density at radius 2 is 1.68 bits per heavy atom. The molecule has 0 aliphatic carbocycles. The van der Waals surface area contributed by atoms with Gasteiger partial charge in [0.05, 0.1) is 23.7 Å². The van der Waals surface area contributed by atoms with Crippen molar-refractivity contribution in [3.8, 4) is 5.75 Å². The van der Waals surface area contributed by atoms with Crippen molar-refractivity contribution in [2.45, 2.75) is 20.4 Å². The number of ether oxygens (including phenoxy) is 1. The Kier molecular flexibility index (Phi) is 6.53. The first kappa shape index (κ1) is 20.9. The van der Waals surface area contributed by atoms with Gasteiger partial charge in [-0.2, -0.15) is 0 Å². The molecule has 4 nitrogen and oxygen atoms in total. The number of rotatable bonds is 6. The molecule has 156 valence electrons. The molecular weight excluding hydrogens is 404 g/mol. The topological polar surface area (TPSA) is 41.9 Å². The minimum absolute atomic E-state index is 0.0337. The zero-order chi connectivity index (χ0) is 21.6. The van der Waals surface area contributed by atoms with Crippen LogP contribution in [0.15, 0.2) is 88.8 Å². The Balaban J connectivity index is 1.65. The molecule has 1 heterocycles. The van der Waals surface area contributed by atoms with Gasteiger partial charge in [0.2, 0.25) is 0 Å². The predicted molar refractivity (Wildman–Crippen MR) is 128 cm³/mol. The summed E-state index contributed by atoms with van der Waals surface area (Å²) in [6.07, 6.45) is 1.92. The summed E-state index contributed by atoms with van der Waals surface area (Å²) in [7, 11) is 0. The van der Waals surface area contributed by atoms with Crippen LogP contribution in [0.1, 0.15) is 23.6 Å². The maximum atomic E-state index is 13.3. The smallest absolute Gasteiger partial charge is 0.267 e. The third-order valence-electron chi connectivity index (χ3n) is 4.82. The predicted octanol–water partition coefficient (Wildman–Crippen LogP) is 6.20. The average Bonchev–Trinajstić information content (AvgIpc) is 3.06. The number of nitrogens with zero attached hydrogens (tertiary/aromatic N) is 2. The normalized spacial score (nSPS) is 16.3. The van der Waals surface area contributed by atoms with Gasteiger partial charge in [-0.25, -0.2) is 4.99 Å². The molecule has 1 saturated heterocycles. The Morgan fingerprint density at radius 3 is 2.35 bits per heavy atom. The van der Waals surface area contributed by atoms with Gasteiger partial charge >= 0.3 is 0 Å². The van der Waals surface area contributed by atoms with Crippen LogP contribution >= 0.6 is 11.8 Å². The van der Waals surface area contributed by atoms with Crippen LogP contribution in [0.2, 0.25) is 0 Å². The first-order chi connectivity index (χ1) is 15.1. The SMILES string of the molecule is CCOc1ccc(/C=C2/SC(=Nc3ccc(C)cc3)N(Cc3ccccc3)C2=O)cc1. The summed E-state index contributed by atoms with van der Waals surface area (Å²) in [5, 5.41) is 0.690. The zero-order valence-corrected chi connectivity index (χ0v) is 18.4. The molecule has 0 aromatic heterocycles. The number of thioether (sulfide) groups is 1. The fourth-order valence-corrected chi connectivity index (χ4v) is 4.20. The number of aliphatic imine (C=N–C) groups is 1. The minimum atomic E-state index is -0.0337. The van der Waals surface area contributed by atoms with Crippen molar-refractivity contribution < 1.29 is 9.53 Å². The molecular formula is C26H24N2O2S. The molecule has 0 bridgehead atoms. The second-order valence-electron chi connectivity index (χ2n) is 7.22. The van der Waals surface area contributed by atoms with Gasteiger partial charge < -0.3 is 4.74 Å². The van der Waals surface area contributed by atoms with E-state index in [-0.39, 0.29) is 5.91 Å². The summed E-state index contributed by atoms with van der Waals surface area (Å²) < 4.78 is 5.51. The van der Waals surface area contributed by atoms with Crippen LogP contribution in [0, 0.1) is 6.92 Å². The lowest BCUT2D eigenvalue weighted by atomic mass is 10.2. The highest BCUT2D eigenvalue weighted by molar-refractivity contribution is 8.18. The zero-order valence-electron chi connectivity index (χ0n) is 17.6. The maximum Gasteiger partial charge on any atom is 0.267 e. The molecule has 0 atom stereocenters. The van der Waals surface area contributed by atoms with E-state index in [9.17, 15) is 4.79 Å². The largest absolute Gasteiger partial charge is 0.494 e. The van der Waals surface area contributed by atoms with E-state index in [2.05, 4.69) is 0 Å². The summed E-state index contributed by atoms with van der Waals surface area (Å²) >= 11 is 1.41. The number of aryl methyl sites for hydroxylation is 1. The van der Waals surface area contributed by atoms with Crippen LogP contribution in [0.4, 0.5) is 5.69 Å². The highest BCUT2D eigenvalue weighted by Crippen LogP contribution is 2.35. The monoisotopic (exact) mass is 428 g/mol. The van der Waals surface area contributed by atoms with Crippen molar-refractivity contribution in [1.82, 2.24) is 4.90 Å². The third-order valence-corrected chi connectivity index (χ3v) is 5.83. The van der Waals surface area contributed by atoms with Crippen LogP contribution in [-0.2, 0) is 11.3 Å². The molecule has 0 saturated carbocycles. The molecule has 1 aliphatic rings. The Hall–Kier alpha value is -3.31. The summed E-state index contributed by atoms with van der Waals surface area (Å²) in [5.41, 5.74) is 4.03. The number of benzene rings is 3. The van der Waals surface area contributed by atoms with Gasteiger partial charge in [-0.05, 0) is 67.1 Å². The Labute approximate surface area is 187 Å². The van der Waals surface area contributed by atoms with Crippen molar-refractivity contribution in [2.75, 3.05) is 6.61 Å². The molecule has 3 aromatic rings. The van der Waals surface area contributed by atoms with Gasteiger partial charge in [0.15, 0.2) is 5.17 Å². The summed E-state index contributed by atoms with van der Waals surface area (Å²) in [6, 6.07) is 25.8. The molecule has 4 rings (SSSR count). The standard InChI is InChI=1S/C26H24N2O2S/c1-3-30-23-15-11-20(12-16-23)17-24-25(29)28(18-21-7-5-4-6-8-21)26(31-24)27-22-13-9-19(2)10-14-22/h4-17H,3,18H2,1-2H3/b24-17+,27-26?. The molecule has 0 unspecified atom stereocenters. The van der Waals surface area contributed by atoms with Gasteiger partial charge in [0.1, 0.15) is 5.75 Å². The Morgan fingerprint density at radius 1 is 0.968 bits per heavy atom. The van der Waals surface area contributed by atoms with Crippen molar-refractivity contribution in [2.24, 2.45) is 4.99 Å². The van der Waals surface area contributed by atoms with E-state index in [1.165, 1.54) is 17.3 Å². The summed E-state index contributed by atoms with van der Waals surface area (Å²) in [5.74, 6) is 0.788.